The summed E-state index contributed by atoms with van der Waals surface area (Å²) in [7, 11) is 0. The van der Waals surface area contributed by atoms with Crippen LogP contribution in [0.5, 0.6) is 11.5 Å². The van der Waals surface area contributed by atoms with Gasteiger partial charge in [0.15, 0.2) is 0 Å². The van der Waals surface area contributed by atoms with Gasteiger partial charge in [-0.25, -0.2) is 0 Å². The molecule has 0 aliphatic heterocycles. The fraction of sp³-hybridized carbons (Fsp3) is 0. The molecule has 0 heterocycles. The summed E-state index contributed by atoms with van der Waals surface area (Å²) in [5, 5.41) is 30.2. The first kappa shape index (κ1) is 14.0. The maximum absolute atomic E-state index is 10.7. The standard InChI is InChI=1S/C13H7N3O5/c14-8-9-6-12(4-5-13(9)16(19)20)21-11-3-1-2-10(7-11)15(17)18/h1-7H. The number of nitro groups is 2. The minimum atomic E-state index is -0.671. The van der Waals surface area contributed by atoms with Crippen molar-refractivity contribution in [2.75, 3.05) is 0 Å². The summed E-state index contributed by atoms with van der Waals surface area (Å²) >= 11 is 0. The molecule has 0 aromatic heterocycles. The Balaban J connectivity index is 2.32. The van der Waals surface area contributed by atoms with Gasteiger partial charge in [0, 0.05) is 18.2 Å². The third kappa shape index (κ3) is 3.10. The van der Waals surface area contributed by atoms with Crippen LogP contribution in [-0.2, 0) is 0 Å². The number of non-ortho nitro benzene ring substituents is 1. The van der Waals surface area contributed by atoms with E-state index in [1.807, 2.05) is 0 Å². The first-order chi connectivity index (χ1) is 10.0. The van der Waals surface area contributed by atoms with Crippen LogP contribution >= 0.6 is 0 Å². The minimum Gasteiger partial charge on any atom is -0.457 e. The Morgan fingerprint density at radius 3 is 2.33 bits per heavy atom. The van der Waals surface area contributed by atoms with E-state index in [4.69, 9.17) is 10.00 Å². The van der Waals surface area contributed by atoms with Crippen molar-refractivity contribution in [2.24, 2.45) is 0 Å². The van der Waals surface area contributed by atoms with Gasteiger partial charge in [-0.2, -0.15) is 5.26 Å². The number of benzene rings is 2. The van der Waals surface area contributed by atoms with Crippen molar-refractivity contribution in [1.29, 1.82) is 5.26 Å². The third-order valence-electron chi connectivity index (χ3n) is 2.55. The Morgan fingerprint density at radius 1 is 1.00 bits per heavy atom. The Morgan fingerprint density at radius 2 is 1.71 bits per heavy atom. The average Bonchev–Trinajstić information content (AvgIpc) is 2.47. The summed E-state index contributed by atoms with van der Waals surface area (Å²) in [5.74, 6) is 0.375. The zero-order chi connectivity index (χ0) is 15.4. The predicted molar refractivity (Wildman–Crippen MR) is 71.0 cm³/mol. The second kappa shape index (κ2) is 5.66. The van der Waals surface area contributed by atoms with Crippen LogP contribution in [-0.4, -0.2) is 9.85 Å². The highest BCUT2D eigenvalue weighted by Crippen LogP contribution is 2.28. The van der Waals surface area contributed by atoms with Crippen molar-refractivity contribution in [3.05, 3.63) is 68.3 Å². The molecule has 0 saturated carbocycles. The molecule has 0 bridgehead atoms. The average molecular weight is 285 g/mol. The van der Waals surface area contributed by atoms with Crippen LogP contribution in [0, 0.1) is 31.6 Å². The summed E-state index contributed by atoms with van der Waals surface area (Å²) in [6, 6.07) is 10.8. The molecule has 0 fully saturated rings. The van der Waals surface area contributed by atoms with Crippen LogP contribution in [0.1, 0.15) is 5.56 Å². The quantitative estimate of drug-likeness (QED) is 0.628. The molecule has 0 aliphatic carbocycles. The van der Waals surface area contributed by atoms with E-state index >= 15 is 0 Å². The number of hydrogen-bond donors (Lipinski definition) is 0. The largest absolute Gasteiger partial charge is 0.457 e. The lowest BCUT2D eigenvalue weighted by molar-refractivity contribution is -0.385. The molecule has 8 heteroatoms. The lowest BCUT2D eigenvalue weighted by atomic mass is 10.2. The highest BCUT2D eigenvalue weighted by molar-refractivity contribution is 5.53. The van der Waals surface area contributed by atoms with Crippen LogP contribution < -0.4 is 4.74 Å². The van der Waals surface area contributed by atoms with Gasteiger partial charge >= 0.3 is 0 Å². The topological polar surface area (TPSA) is 119 Å². The van der Waals surface area contributed by atoms with Crippen LogP contribution in [0.25, 0.3) is 0 Å². The van der Waals surface area contributed by atoms with Gasteiger partial charge in [0.05, 0.1) is 15.9 Å². The summed E-state index contributed by atoms with van der Waals surface area (Å²) < 4.78 is 5.37. The van der Waals surface area contributed by atoms with E-state index in [1.54, 1.807) is 6.07 Å². The smallest absolute Gasteiger partial charge is 0.287 e. The van der Waals surface area contributed by atoms with Crippen LogP contribution in [0.4, 0.5) is 11.4 Å². The molecule has 0 amide bonds. The predicted octanol–water partition coefficient (Wildman–Crippen LogP) is 3.17. The molecule has 0 saturated heterocycles. The molecule has 104 valence electrons. The fourth-order valence-corrected chi connectivity index (χ4v) is 1.62. The Bertz CT molecular complexity index is 767. The number of nitrogens with zero attached hydrogens (tertiary/aromatic N) is 3. The molecule has 0 spiro atoms. The monoisotopic (exact) mass is 285 g/mol. The van der Waals surface area contributed by atoms with Crippen molar-refractivity contribution in [2.45, 2.75) is 0 Å². The van der Waals surface area contributed by atoms with Crippen molar-refractivity contribution in [3.8, 4) is 17.6 Å². The summed E-state index contributed by atoms with van der Waals surface area (Å²) in [6.07, 6.45) is 0. The number of hydrogen-bond acceptors (Lipinski definition) is 6. The molecular formula is C13H7N3O5. The highest BCUT2D eigenvalue weighted by Gasteiger charge is 2.15. The van der Waals surface area contributed by atoms with E-state index in [-0.39, 0.29) is 28.4 Å². The van der Waals surface area contributed by atoms with Crippen LogP contribution in [0.3, 0.4) is 0 Å². The van der Waals surface area contributed by atoms with Crippen molar-refractivity contribution in [1.82, 2.24) is 0 Å². The van der Waals surface area contributed by atoms with Gasteiger partial charge in [-0.15, -0.1) is 0 Å². The molecule has 2 rings (SSSR count). The third-order valence-corrected chi connectivity index (χ3v) is 2.55. The first-order valence-corrected chi connectivity index (χ1v) is 5.62. The van der Waals surface area contributed by atoms with Gasteiger partial charge < -0.3 is 4.74 Å². The summed E-state index contributed by atoms with van der Waals surface area (Å²) in [5.41, 5.74) is -0.623. The number of nitriles is 1. The maximum atomic E-state index is 10.7. The fourth-order valence-electron chi connectivity index (χ4n) is 1.62. The van der Waals surface area contributed by atoms with Crippen LogP contribution in [0.2, 0.25) is 0 Å². The molecule has 21 heavy (non-hydrogen) atoms. The van der Waals surface area contributed by atoms with E-state index in [2.05, 4.69) is 0 Å². The highest BCUT2D eigenvalue weighted by atomic mass is 16.6. The van der Waals surface area contributed by atoms with Crippen molar-refractivity contribution < 1.29 is 14.6 Å². The maximum Gasteiger partial charge on any atom is 0.287 e. The molecule has 2 aromatic rings. The zero-order valence-electron chi connectivity index (χ0n) is 10.4. The van der Waals surface area contributed by atoms with Gasteiger partial charge in [-0.05, 0) is 12.1 Å². The molecule has 0 radical (unpaired) electrons. The van der Waals surface area contributed by atoms with Crippen molar-refractivity contribution in [3.63, 3.8) is 0 Å². The van der Waals surface area contributed by atoms with Crippen molar-refractivity contribution >= 4 is 11.4 Å². The molecule has 0 aliphatic rings. The van der Waals surface area contributed by atoms with Gasteiger partial charge in [-0.1, -0.05) is 6.07 Å². The lowest BCUT2D eigenvalue weighted by Gasteiger charge is -2.05. The van der Waals surface area contributed by atoms with E-state index in [0.29, 0.717) is 0 Å². The van der Waals surface area contributed by atoms with E-state index in [0.717, 1.165) is 6.07 Å². The Kier molecular flexibility index (Phi) is 3.76. The van der Waals surface area contributed by atoms with Gasteiger partial charge in [0.25, 0.3) is 11.4 Å². The second-order valence-corrected chi connectivity index (χ2v) is 3.90. The van der Waals surface area contributed by atoms with E-state index in [1.165, 1.54) is 36.4 Å². The Hall–Kier alpha value is -3.47. The first-order valence-electron chi connectivity index (χ1n) is 5.62. The summed E-state index contributed by atoms with van der Waals surface area (Å²) in [6.45, 7) is 0. The molecule has 0 unspecified atom stereocenters. The van der Waals surface area contributed by atoms with Crippen LogP contribution in [0.15, 0.2) is 42.5 Å². The van der Waals surface area contributed by atoms with E-state index < -0.39 is 9.85 Å². The molecule has 8 nitrogen and oxygen atoms in total. The van der Waals surface area contributed by atoms with Gasteiger partial charge in [0.2, 0.25) is 0 Å². The lowest BCUT2D eigenvalue weighted by Crippen LogP contribution is -1.93. The number of nitro benzene ring substituents is 2. The Labute approximate surface area is 118 Å². The van der Waals surface area contributed by atoms with E-state index in [9.17, 15) is 20.2 Å². The molecule has 0 N–H and O–H groups in total. The molecular weight excluding hydrogens is 278 g/mol. The second-order valence-electron chi connectivity index (χ2n) is 3.90. The zero-order valence-corrected chi connectivity index (χ0v) is 10.4. The van der Waals surface area contributed by atoms with Gasteiger partial charge in [-0.3, -0.25) is 20.2 Å². The minimum absolute atomic E-state index is 0.144. The number of rotatable bonds is 4. The normalized spacial score (nSPS) is 9.67. The van der Waals surface area contributed by atoms with Gasteiger partial charge in [0.1, 0.15) is 23.1 Å². The summed E-state index contributed by atoms with van der Waals surface area (Å²) in [4.78, 5) is 20.1. The number of ether oxygens (including phenoxy) is 1. The molecule has 0 atom stereocenters. The molecule has 2 aromatic carbocycles. The SMILES string of the molecule is N#Cc1cc(Oc2cccc([N+](=O)[O-])c2)ccc1[N+](=O)[O-].